The van der Waals surface area contributed by atoms with Crippen molar-refractivity contribution < 1.29 is 19.1 Å². The van der Waals surface area contributed by atoms with Gasteiger partial charge in [0.2, 0.25) is 5.91 Å². The van der Waals surface area contributed by atoms with Crippen LogP contribution in [0.4, 0.5) is 4.79 Å². The van der Waals surface area contributed by atoms with Crippen LogP contribution in [-0.2, 0) is 14.3 Å². The van der Waals surface area contributed by atoms with Crippen molar-refractivity contribution >= 4 is 17.9 Å². The van der Waals surface area contributed by atoms with Crippen molar-refractivity contribution in [3.05, 3.63) is 0 Å². The van der Waals surface area contributed by atoms with E-state index in [0.717, 1.165) is 0 Å². The number of urea groups is 1. The summed E-state index contributed by atoms with van der Waals surface area (Å²) >= 11 is 0. The Morgan fingerprint density at radius 1 is 1.00 bits per heavy atom. The number of piperazine rings is 1. The molecule has 114 valence electrons. The van der Waals surface area contributed by atoms with Crippen LogP contribution in [0.1, 0.15) is 26.7 Å². The van der Waals surface area contributed by atoms with Crippen LogP contribution in [0.3, 0.4) is 0 Å². The first-order valence-electron chi connectivity index (χ1n) is 7.04. The zero-order valence-corrected chi connectivity index (χ0v) is 12.2. The molecule has 0 bridgehead atoms. The van der Waals surface area contributed by atoms with Gasteiger partial charge in [0.15, 0.2) is 0 Å². The molecule has 3 amide bonds. The highest BCUT2D eigenvalue weighted by atomic mass is 16.5. The summed E-state index contributed by atoms with van der Waals surface area (Å²) in [4.78, 5) is 38.1. The molecule has 0 aromatic carbocycles. The maximum Gasteiger partial charge on any atom is 0.317 e. The number of rotatable bonds is 5. The molecule has 0 atom stereocenters. The first kappa shape index (κ1) is 16.3. The Morgan fingerprint density at radius 3 is 2.15 bits per heavy atom. The highest BCUT2D eigenvalue weighted by Gasteiger charge is 2.23. The smallest absolute Gasteiger partial charge is 0.317 e. The van der Waals surface area contributed by atoms with Crippen LogP contribution in [0.2, 0.25) is 0 Å². The van der Waals surface area contributed by atoms with E-state index >= 15 is 0 Å². The van der Waals surface area contributed by atoms with Crippen molar-refractivity contribution in [3.63, 3.8) is 0 Å². The van der Waals surface area contributed by atoms with Crippen LogP contribution in [0.25, 0.3) is 0 Å². The number of hydrogen-bond acceptors (Lipinski definition) is 4. The molecular weight excluding hydrogens is 262 g/mol. The second-order valence-corrected chi connectivity index (χ2v) is 4.51. The van der Waals surface area contributed by atoms with E-state index in [1.54, 1.807) is 16.7 Å². The highest BCUT2D eigenvalue weighted by molar-refractivity contribution is 5.81. The molecule has 1 fully saturated rings. The zero-order valence-electron chi connectivity index (χ0n) is 12.2. The van der Waals surface area contributed by atoms with Crippen LogP contribution < -0.4 is 5.32 Å². The molecule has 0 spiro atoms. The topological polar surface area (TPSA) is 79.0 Å². The fraction of sp³-hybridized carbons (Fsp3) is 0.769. The van der Waals surface area contributed by atoms with Crippen LogP contribution in [0.5, 0.6) is 0 Å². The Kier molecular flexibility index (Phi) is 6.83. The van der Waals surface area contributed by atoms with Gasteiger partial charge in [-0.05, 0) is 13.8 Å². The van der Waals surface area contributed by atoms with E-state index in [1.165, 1.54) is 0 Å². The molecule has 0 unspecified atom stereocenters. The summed E-state index contributed by atoms with van der Waals surface area (Å²) in [6.45, 7) is 6.61. The molecule has 0 radical (unpaired) electrons. The Bertz CT molecular complexity index is 352. The number of amides is 3. The van der Waals surface area contributed by atoms with Gasteiger partial charge < -0.3 is 19.9 Å². The number of carbonyl (C=O) groups is 3. The second kappa shape index (κ2) is 8.39. The largest absolute Gasteiger partial charge is 0.466 e. The van der Waals surface area contributed by atoms with Crippen molar-refractivity contribution in [1.29, 1.82) is 0 Å². The summed E-state index contributed by atoms with van der Waals surface area (Å²) in [7, 11) is 0. The molecule has 1 heterocycles. The maximum absolute atomic E-state index is 11.9. The Balaban J connectivity index is 2.28. The van der Waals surface area contributed by atoms with Gasteiger partial charge in [-0.3, -0.25) is 9.59 Å². The van der Waals surface area contributed by atoms with Gasteiger partial charge in [-0.2, -0.15) is 0 Å². The Hall–Kier alpha value is -1.79. The molecule has 1 N–H and O–H groups in total. The van der Waals surface area contributed by atoms with E-state index in [9.17, 15) is 14.4 Å². The van der Waals surface area contributed by atoms with Gasteiger partial charge in [0.05, 0.1) is 13.0 Å². The van der Waals surface area contributed by atoms with Crippen LogP contribution in [0, 0.1) is 0 Å². The quantitative estimate of drug-likeness (QED) is 0.732. The molecule has 0 aliphatic carbocycles. The van der Waals surface area contributed by atoms with Crippen molar-refractivity contribution in [2.75, 3.05) is 39.3 Å². The third-order valence-electron chi connectivity index (χ3n) is 3.10. The number of carbonyl (C=O) groups excluding carboxylic acids is 3. The minimum Gasteiger partial charge on any atom is -0.466 e. The lowest BCUT2D eigenvalue weighted by Gasteiger charge is -2.34. The summed E-state index contributed by atoms with van der Waals surface area (Å²) in [5.41, 5.74) is 0. The lowest BCUT2D eigenvalue weighted by atomic mass is 10.2. The summed E-state index contributed by atoms with van der Waals surface area (Å²) in [6, 6.07) is -0.0916. The van der Waals surface area contributed by atoms with E-state index in [0.29, 0.717) is 39.3 Å². The summed E-state index contributed by atoms with van der Waals surface area (Å²) in [5, 5.41) is 2.74. The van der Waals surface area contributed by atoms with Gasteiger partial charge in [0.1, 0.15) is 0 Å². The Labute approximate surface area is 119 Å². The first-order valence-corrected chi connectivity index (χ1v) is 7.04. The number of nitrogens with zero attached hydrogens (tertiary/aromatic N) is 2. The molecule has 1 saturated heterocycles. The van der Waals surface area contributed by atoms with Crippen molar-refractivity contribution in [3.8, 4) is 0 Å². The number of hydrogen-bond donors (Lipinski definition) is 1. The first-order chi connectivity index (χ1) is 9.58. The number of esters is 1. The highest BCUT2D eigenvalue weighted by Crippen LogP contribution is 2.06. The summed E-state index contributed by atoms with van der Waals surface area (Å²) in [6.07, 6.45) is 0.281. The molecular formula is C13H23N3O4. The van der Waals surface area contributed by atoms with Gasteiger partial charge in [-0.15, -0.1) is 0 Å². The van der Waals surface area contributed by atoms with Crippen molar-refractivity contribution in [2.45, 2.75) is 26.7 Å². The summed E-state index contributed by atoms with van der Waals surface area (Å²) in [5.74, 6) is -0.407. The minimum absolute atomic E-state index is 0.0615. The van der Waals surface area contributed by atoms with E-state index in [4.69, 9.17) is 4.74 Å². The van der Waals surface area contributed by atoms with E-state index < -0.39 is 0 Å². The van der Waals surface area contributed by atoms with Gasteiger partial charge in [-0.1, -0.05) is 0 Å². The molecule has 0 saturated carbocycles. The van der Waals surface area contributed by atoms with Gasteiger partial charge in [-0.25, -0.2) is 4.79 Å². The lowest BCUT2D eigenvalue weighted by Crippen LogP contribution is -2.53. The lowest BCUT2D eigenvalue weighted by molar-refractivity contribution is -0.146. The molecule has 1 rings (SSSR count). The van der Waals surface area contributed by atoms with Crippen molar-refractivity contribution in [2.24, 2.45) is 0 Å². The summed E-state index contributed by atoms with van der Waals surface area (Å²) < 4.78 is 4.78. The minimum atomic E-state index is -0.346. The normalized spacial score (nSPS) is 14.9. The van der Waals surface area contributed by atoms with Gasteiger partial charge in [0, 0.05) is 39.1 Å². The van der Waals surface area contributed by atoms with Gasteiger partial charge >= 0.3 is 12.0 Å². The van der Waals surface area contributed by atoms with E-state index in [-0.39, 0.29) is 30.7 Å². The SMILES string of the molecule is CCNC(=O)N1CCN(C(=O)CCC(=O)OCC)CC1. The monoisotopic (exact) mass is 285 g/mol. The second-order valence-electron chi connectivity index (χ2n) is 4.51. The maximum atomic E-state index is 11.9. The standard InChI is InChI=1S/C13H23N3O4/c1-3-14-13(19)16-9-7-15(8-10-16)11(17)5-6-12(18)20-4-2/h3-10H2,1-2H3,(H,14,19). The predicted molar refractivity (Wildman–Crippen MR) is 73.1 cm³/mol. The molecule has 1 aliphatic rings. The average Bonchev–Trinajstić information content (AvgIpc) is 2.45. The molecule has 1 aliphatic heterocycles. The zero-order chi connectivity index (χ0) is 15.0. The fourth-order valence-electron chi connectivity index (χ4n) is 2.02. The molecule has 0 aromatic rings. The predicted octanol–water partition coefficient (Wildman–Crippen LogP) is 0.203. The third-order valence-corrected chi connectivity index (χ3v) is 3.10. The number of ether oxygens (including phenoxy) is 1. The van der Waals surface area contributed by atoms with Crippen molar-refractivity contribution in [1.82, 2.24) is 15.1 Å². The van der Waals surface area contributed by atoms with Crippen LogP contribution in [0.15, 0.2) is 0 Å². The Morgan fingerprint density at radius 2 is 1.60 bits per heavy atom. The molecule has 7 heteroatoms. The third kappa shape index (κ3) is 5.07. The van der Waals surface area contributed by atoms with E-state index in [2.05, 4.69) is 5.32 Å². The van der Waals surface area contributed by atoms with Gasteiger partial charge in [0.25, 0.3) is 0 Å². The molecule has 0 aromatic heterocycles. The van der Waals surface area contributed by atoms with E-state index in [1.807, 2.05) is 6.92 Å². The fourth-order valence-corrected chi connectivity index (χ4v) is 2.02. The van der Waals surface area contributed by atoms with Crippen LogP contribution >= 0.6 is 0 Å². The van der Waals surface area contributed by atoms with Crippen LogP contribution in [-0.4, -0.2) is 67.0 Å². The molecule has 7 nitrogen and oxygen atoms in total. The molecule has 20 heavy (non-hydrogen) atoms. The average molecular weight is 285 g/mol. The number of nitrogens with one attached hydrogen (secondary N) is 1.